The van der Waals surface area contributed by atoms with Gasteiger partial charge < -0.3 is 14.2 Å². The highest BCUT2D eigenvalue weighted by Gasteiger charge is 2.61. The van der Waals surface area contributed by atoms with Crippen molar-refractivity contribution in [2.24, 2.45) is 11.3 Å². The van der Waals surface area contributed by atoms with E-state index in [4.69, 9.17) is 14.2 Å². The molecule has 0 radical (unpaired) electrons. The molecule has 6 nitrogen and oxygen atoms in total. The first-order chi connectivity index (χ1) is 13.6. The molecule has 7 heteroatoms. The summed E-state index contributed by atoms with van der Waals surface area (Å²) in [5.74, 6) is -2.29. The molecule has 0 aliphatic heterocycles. The molecular weight excluding hydrogens is 440 g/mol. The van der Waals surface area contributed by atoms with Crippen molar-refractivity contribution in [1.82, 2.24) is 0 Å². The van der Waals surface area contributed by atoms with Crippen molar-refractivity contribution < 1.29 is 28.6 Å². The zero-order valence-corrected chi connectivity index (χ0v) is 19.2. The zero-order chi connectivity index (χ0) is 21.8. The van der Waals surface area contributed by atoms with Gasteiger partial charge in [0.25, 0.3) is 0 Å². The van der Waals surface area contributed by atoms with E-state index in [1.54, 1.807) is 27.7 Å². The molecule has 1 fully saturated rings. The van der Waals surface area contributed by atoms with Crippen LogP contribution in [-0.2, 0) is 28.6 Å². The summed E-state index contributed by atoms with van der Waals surface area (Å²) in [7, 11) is 0. The van der Waals surface area contributed by atoms with Gasteiger partial charge in [-0.05, 0) is 64.2 Å². The molecule has 0 amide bonds. The predicted molar refractivity (Wildman–Crippen MR) is 111 cm³/mol. The van der Waals surface area contributed by atoms with Crippen LogP contribution in [-0.4, -0.2) is 36.7 Å². The van der Waals surface area contributed by atoms with Crippen molar-refractivity contribution in [3.8, 4) is 0 Å². The van der Waals surface area contributed by atoms with Crippen LogP contribution in [0.3, 0.4) is 0 Å². The summed E-state index contributed by atoms with van der Waals surface area (Å²) in [6.07, 6.45) is -0.00728. The number of hydrogen-bond donors (Lipinski definition) is 0. The Morgan fingerprint density at radius 3 is 2.00 bits per heavy atom. The van der Waals surface area contributed by atoms with Crippen LogP contribution in [0.1, 0.15) is 58.9 Å². The van der Waals surface area contributed by atoms with E-state index in [-0.39, 0.29) is 31.2 Å². The summed E-state index contributed by atoms with van der Waals surface area (Å²) in [5, 5.41) is 0. The number of halogens is 1. The van der Waals surface area contributed by atoms with E-state index in [9.17, 15) is 14.4 Å². The van der Waals surface area contributed by atoms with Crippen molar-refractivity contribution in [3.05, 3.63) is 34.3 Å². The van der Waals surface area contributed by atoms with Gasteiger partial charge in [-0.25, -0.2) is 0 Å². The van der Waals surface area contributed by atoms with Gasteiger partial charge in [0.05, 0.1) is 18.8 Å². The molecule has 0 N–H and O–H groups in total. The number of benzene rings is 1. The smallest absolute Gasteiger partial charge is 0.324 e. The third-order valence-corrected chi connectivity index (χ3v) is 5.61. The van der Waals surface area contributed by atoms with Gasteiger partial charge in [-0.2, -0.15) is 0 Å². The first-order valence-corrected chi connectivity index (χ1v) is 10.7. The van der Waals surface area contributed by atoms with E-state index in [2.05, 4.69) is 15.9 Å². The molecule has 0 heterocycles. The van der Waals surface area contributed by atoms with E-state index in [1.165, 1.54) is 6.92 Å². The molecule has 0 aromatic heterocycles. The molecule has 29 heavy (non-hydrogen) atoms. The molecular formula is C22H29BrO6. The van der Waals surface area contributed by atoms with E-state index in [1.807, 2.05) is 24.3 Å². The second kappa shape index (κ2) is 9.74. The van der Waals surface area contributed by atoms with Gasteiger partial charge >= 0.3 is 17.9 Å². The summed E-state index contributed by atoms with van der Waals surface area (Å²) in [6.45, 7) is 8.22. The summed E-state index contributed by atoms with van der Waals surface area (Å²) in [6, 6.07) is 7.79. The van der Waals surface area contributed by atoms with Crippen LogP contribution >= 0.6 is 15.9 Å². The van der Waals surface area contributed by atoms with Crippen molar-refractivity contribution in [2.75, 3.05) is 6.61 Å². The second-order valence-corrected chi connectivity index (χ2v) is 8.98. The van der Waals surface area contributed by atoms with E-state index < -0.39 is 29.2 Å². The molecule has 160 valence electrons. The average Bonchev–Trinajstić information content (AvgIpc) is 3.00. The van der Waals surface area contributed by atoms with Gasteiger partial charge in [0, 0.05) is 17.3 Å². The van der Waals surface area contributed by atoms with Crippen LogP contribution in [0.25, 0.3) is 0 Å². The first kappa shape index (κ1) is 23.4. The topological polar surface area (TPSA) is 78.9 Å². The van der Waals surface area contributed by atoms with Crippen molar-refractivity contribution >= 4 is 33.8 Å². The van der Waals surface area contributed by atoms with E-state index in [0.717, 1.165) is 10.0 Å². The first-order valence-electron chi connectivity index (χ1n) is 9.87. The third-order valence-electron chi connectivity index (χ3n) is 5.08. The van der Waals surface area contributed by atoms with Gasteiger partial charge in [0.15, 0.2) is 5.41 Å². The monoisotopic (exact) mass is 468 g/mol. The summed E-state index contributed by atoms with van der Waals surface area (Å²) >= 11 is 3.42. The fraction of sp³-hybridized carbons (Fsp3) is 0.591. The molecule has 1 aliphatic carbocycles. The van der Waals surface area contributed by atoms with Crippen LogP contribution in [0.5, 0.6) is 0 Å². The minimum atomic E-state index is -1.51. The number of carbonyl (C=O) groups excluding carboxylic acids is 3. The van der Waals surface area contributed by atoms with Crippen molar-refractivity contribution in [1.29, 1.82) is 0 Å². The number of ether oxygens (including phenoxy) is 3. The Morgan fingerprint density at radius 2 is 1.55 bits per heavy atom. The number of esters is 3. The number of carbonyl (C=O) groups is 3. The molecule has 0 saturated heterocycles. The van der Waals surface area contributed by atoms with Gasteiger partial charge in [0.1, 0.15) is 0 Å². The normalized spacial score (nSPS) is 20.6. The maximum atomic E-state index is 13.2. The molecule has 2 rings (SSSR count). The minimum absolute atomic E-state index is 0.0389. The van der Waals surface area contributed by atoms with Gasteiger partial charge in [-0.1, -0.05) is 28.1 Å². The highest BCUT2D eigenvalue weighted by Crippen LogP contribution is 2.53. The van der Waals surface area contributed by atoms with Gasteiger partial charge in [0.2, 0.25) is 0 Å². The SMILES string of the molecule is CC(=O)OCC1CC(c2ccc(Br)cc2)CC1(C(=O)OC(C)C)C(=O)OC(C)C. The van der Waals surface area contributed by atoms with Crippen LogP contribution in [0, 0.1) is 11.3 Å². The Kier molecular flexibility index (Phi) is 7.86. The van der Waals surface area contributed by atoms with E-state index >= 15 is 0 Å². The molecule has 1 aromatic rings. The Balaban J connectivity index is 2.47. The lowest BCUT2D eigenvalue weighted by atomic mass is 9.77. The molecule has 1 aliphatic rings. The number of rotatable bonds is 7. The maximum Gasteiger partial charge on any atom is 0.324 e. The molecule has 1 aromatic carbocycles. The fourth-order valence-corrected chi connectivity index (χ4v) is 4.09. The van der Waals surface area contributed by atoms with Crippen LogP contribution in [0.2, 0.25) is 0 Å². The van der Waals surface area contributed by atoms with Crippen molar-refractivity contribution in [3.63, 3.8) is 0 Å². The Morgan fingerprint density at radius 1 is 1.03 bits per heavy atom. The van der Waals surface area contributed by atoms with Crippen LogP contribution in [0.15, 0.2) is 28.7 Å². The quantitative estimate of drug-likeness (QED) is 0.335. The van der Waals surface area contributed by atoms with E-state index in [0.29, 0.717) is 6.42 Å². The minimum Gasteiger partial charge on any atom is -0.466 e. The summed E-state index contributed by atoms with van der Waals surface area (Å²) in [4.78, 5) is 37.9. The number of hydrogen-bond acceptors (Lipinski definition) is 6. The molecule has 0 bridgehead atoms. The average molecular weight is 469 g/mol. The molecule has 2 unspecified atom stereocenters. The lowest BCUT2D eigenvalue weighted by Crippen LogP contribution is -2.47. The lowest BCUT2D eigenvalue weighted by molar-refractivity contribution is -0.183. The fourth-order valence-electron chi connectivity index (χ4n) is 3.82. The molecule has 0 spiro atoms. The summed E-state index contributed by atoms with van der Waals surface area (Å²) < 4.78 is 17.2. The second-order valence-electron chi connectivity index (χ2n) is 8.07. The Bertz CT molecular complexity index is 718. The van der Waals surface area contributed by atoms with Crippen LogP contribution < -0.4 is 0 Å². The van der Waals surface area contributed by atoms with Crippen molar-refractivity contribution in [2.45, 2.75) is 65.6 Å². The third kappa shape index (κ3) is 5.59. The Hall–Kier alpha value is -1.89. The Labute approximate surface area is 180 Å². The van der Waals surface area contributed by atoms with Gasteiger partial charge in [-0.3, -0.25) is 14.4 Å². The highest BCUT2D eigenvalue weighted by atomic mass is 79.9. The maximum absolute atomic E-state index is 13.2. The molecule has 2 atom stereocenters. The molecule has 1 saturated carbocycles. The standard InChI is InChI=1S/C22H29BrO6/c1-13(2)28-20(25)22(21(26)29-14(3)4)11-17(10-18(22)12-27-15(5)24)16-6-8-19(23)9-7-16/h6-9,13-14,17-18H,10-12H2,1-5H3. The zero-order valence-electron chi connectivity index (χ0n) is 17.6. The van der Waals surface area contributed by atoms with Gasteiger partial charge in [-0.15, -0.1) is 0 Å². The van der Waals surface area contributed by atoms with Crippen LogP contribution in [0.4, 0.5) is 0 Å². The highest BCUT2D eigenvalue weighted by molar-refractivity contribution is 9.10. The predicted octanol–water partition coefficient (Wildman–Crippen LogP) is 4.40. The largest absolute Gasteiger partial charge is 0.466 e. The lowest BCUT2D eigenvalue weighted by Gasteiger charge is -2.32. The summed E-state index contributed by atoms with van der Waals surface area (Å²) in [5.41, 5.74) is -0.501.